The van der Waals surface area contributed by atoms with Gasteiger partial charge in [-0.1, -0.05) is 0 Å². The molecule has 2 N–H and O–H groups in total. The predicted molar refractivity (Wildman–Crippen MR) is 104 cm³/mol. The van der Waals surface area contributed by atoms with Crippen LogP contribution < -0.4 is 10.0 Å². The summed E-state index contributed by atoms with van der Waals surface area (Å²) in [7, 11) is -2.23. The van der Waals surface area contributed by atoms with Crippen LogP contribution in [0.3, 0.4) is 0 Å². The fourth-order valence-electron chi connectivity index (χ4n) is 3.31. The smallest absolute Gasteiger partial charge is 0.289 e. The normalized spacial score (nSPS) is 15.9. The number of amides is 2. The van der Waals surface area contributed by atoms with Crippen molar-refractivity contribution in [3.63, 3.8) is 0 Å². The first-order valence-corrected chi connectivity index (χ1v) is 10.8. The van der Waals surface area contributed by atoms with Crippen LogP contribution in [0.1, 0.15) is 37.2 Å². The molecule has 0 aliphatic carbocycles. The van der Waals surface area contributed by atoms with Crippen molar-refractivity contribution in [2.75, 3.05) is 20.1 Å². The first kappa shape index (κ1) is 20.3. The van der Waals surface area contributed by atoms with Crippen LogP contribution in [-0.4, -0.2) is 51.3 Å². The monoisotopic (exact) mass is 407 g/mol. The minimum absolute atomic E-state index is 0.0316. The molecule has 0 saturated carbocycles. The topological polar surface area (TPSA) is 109 Å². The molecule has 1 aliphatic heterocycles. The number of piperidine rings is 1. The minimum Gasteiger partial charge on any atom is -0.451 e. The number of carbonyl (C=O) groups excluding carboxylic acids is 2. The van der Waals surface area contributed by atoms with Crippen LogP contribution in [0, 0.1) is 5.92 Å². The SMILES string of the molecule is CNS(=O)(=O)c1ccc2oc(C(=O)N3CCC(C(=O)NC(C)C)CC3)cc2c1. The van der Waals surface area contributed by atoms with E-state index in [0.29, 0.717) is 36.9 Å². The van der Waals surface area contributed by atoms with Crippen LogP contribution in [0.25, 0.3) is 11.0 Å². The molecule has 0 atom stereocenters. The van der Waals surface area contributed by atoms with Crippen LogP contribution in [0.5, 0.6) is 0 Å². The lowest BCUT2D eigenvalue weighted by atomic mass is 9.95. The number of benzene rings is 1. The van der Waals surface area contributed by atoms with Gasteiger partial charge in [0, 0.05) is 30.4 Å². The largest absolute Gasteiger partial charge is 0.451 e. The van der Waals surface area contributed by atoms with E-state index in [4.69, 9.17) is 4.42 Å². The summed E-state index contributed by atoms with van der Waals surface area (Å²) < 4.78 is 31.8. The molecule has 1 aromatic heterocycles. The minimum atomic E-state index is -3.57. The van der Waals surface area contributed by atoms with Crippen molar-refractivity contribution >= 4 is 32.8 Å². The van der Waals surface area contributed by atoms with Gasteiger partial charge in [-0.2, -0.15) is 0 Å². The van der Waals surface area contributed by atoms with Gasteiger partial charge in [-0.15, -0.1) is 0 Å². The van der Waals surface area contributed by atoms with Crippen LogP contribution >= 0.6 is 0 Å². The second-order valence-electron chi connectivity index (χ2n) is 7.25. The van der Waals surface area contributed by atoms with Gasteiger partial charge in [0.1, 0.15) is 5.58 Å². The van der Waals surface area contributed by atoms with E-state index in [0.717, 1.165) is 0 Å². The zero-order valence-corrected chi connectivity index (χ0v) is 17.0. The number of hydrogen-bond donors (Lipinski definition) is 2. The third-order valence-corrected chi connectivity index (χ3v) is 6.27. The Bertz CT molecular complexity index is 988. The maximum atomic E-state index is 12.8. The molecule has 2 heterocycles. The van der Waals surface area contributed by atoms with E-state index < -0.39 is 10.0 Å². The van der Waals surface area contributed by atoms with Crippen molar-refractivity contribution in [2.24, 2.45) is 5.92 Å². The van der Waals surface area contributed by atoms with Crippen LogP contribution in [0.15, 0.2) is 33.6 Å². The molecule has 0 bridgehead atoms. The van der Waals surface area contributed by atoms with Crippen molar-refractivity contribution in [1.82, 2.24) is 14.9 Å². The van der Waals surface area contributed by atoms with Crippen LogP contribution in [0.4, 0.5) is 0 Å². The number of carbonyl (C=O) groups is 2. The Hall–Kier alpha value is -2.39. The molecular weight excluding hydrogens is 382 g/mol. The average molecular weight is 407 g/mol. The molecule has 2 amide bonds. The summed E-state index contributed by atoms with van der Waals surface area (Å²) in [5.74, 6) is -0.142. The molecule has 1 saturated heterocycles. The Labute approximate surface area is 164 Å². The van der Waals surface area contributed by atoms with E-state index >= 15 is 0 Å². The van der Waals surface area contributed by atoms with Crippen molar-refractivity contribution in [3.05, 3.63) is 30.0 Å². The summed E-state index contributed by atoms with van der Waals surface area (Å²) in [5.41, 5.74) is 0.449. The van der Waals surface area contributed by atoms with E-state index in [1.807, 2.05) is 13.8 Å². The first-order valence-electron chi connectivity index (χ1n) is 9.28. The lowest BCUT2D eigenvalue weighted by Gasteiger charge is -2.31. The second kappa shape index (κ2) is 7.92. The van der Waals surface area contributed by atoms with Crippen LogP contribution in [0.2, 0.25) is 0 Å². The maximum Gasteiger partial charge on any atom is 0.289 e. The number of sulfonamides is 1. The van der Waals surface area contributed by atoms with Gasteiger partial charge < -0.3 is 14.6 Å². The van der Waals surface area contributed by atoms with Gasteiger partial charge in [0.15, 0.2) is 5.76 Å². The zero-order chi connectivity index (χ0) is 20.5. The Balaban J connectivity index is 1.71. The highest BCUT2D eigenvalue weighted by Crippen LogP contribution is 2.25. The summed E-state index contributed by atoms with van der Waals surface area (Å²) in [5, 5.41) is 3.46. The van der Waals surface area contributed by atoms with E-state index in [2.05, 4.69) is 10.0 Å². The second-order valence-corrected chi connectivity index (χ2v) is 9.13. The van der Waals surface area contributed by atoms with Gasteiger partial charge in [0.25, 0.3) is 5.91 Å². The summed E-state index contributed by atoms with van der Waals surface area (Å²) >= 11 is 0. The molecule has 0 spiro atoms. The van der Waals surface area contributed by atoms with Gasteiger partial charge in [-0.05, 0) is 58.0 Å². The molecule has 9 heteroatoms. The quantitative estimate of drug-likeness (QED) is 0.784. The lowest BCUT2D eigenvalue weighted by molar-refractivity contribution is -0.126. The predicted octanol–water partition coefficient (Wildman–Crippen LogP) is 1.72. The Morgan fingerprint density at radius 3 is 2.46 bits per heavy atom. The molecule has 3 rings (SSSR count). The summed E-state index contributed by atoms with van der Waals surface area (Å²) in [6.07, 6.45) is 1.21. The first-order chi connectivity index (χ1) is 13.2. The van der Waals surface area contributed by atoms with E-state index in [1.165, 1.54) is 19.2 Å². The van der Waals surface area contributed by atoms with Gasteiger partial charge in [0.05, 0.1) is 4.90 Å². The number of nitrogens with one attached hydrogen (secondary N) is 2. The average Bonchev–Trinajstić information content (AvgIpc) is 3.10. The summed E-state index contributed by atoms with van der Waals surface area (Å²) in [6.45, 7) is 4.80. The lowest BCUT2D eigenvalue weighted by Crippen LogP contribution is -2.44. The standard InChI is InChI=1S/C19H25N3O5S/c1-12(2)21-18(23)13-6-8-22(9-7-13)19(24)17-11-14-10-15(28(25,26)20-3)4-5-16(14)27-17/h4-5,10-13,20H,6-9H2,1-3H3,(H,21,23). The molecule has 0 radical (unpaired) electrons. The third-order valence-electron chi connectivity index (χ3n) is 4.86. The Morgan fingerprint density at radius 2 is 1.86 bits per heavy atom. The molecular formula is C19H25N3O5S. The Morgan fingerprint density at radius 1 is 1.18 bits per heavy atom. The van der Waals surface area contributed by atoms with Gasteiger partial charge in [-0.25, -0.2) is 13.1 Å². The van der Waals surface area contributed by atoms with Gasteiger partial charge in [-0.3, -0.25) is 9.59 Å². The van der Waals surface area contributed by atoms with Gasteiger partial charge in [0.2, 0.25) is 15.9 Å². The third kappa shape index (κ3) is 4.20. The molecule has 8 nitrogen and oxygen atoms in total. The van der Waals surface area contributed by atoms with Crippen molar-refractivity contribution in [1.29, 1.82) is 0 Å². The van der Waals surface area contributed by atoms with Crippen molar-refractivity contribution < 1.29 is 22.4 Å². The van der Waals surface area contributed by atoms with E-state index in [1.54, 1.807) is 17.0 Å². The molecule has 2 aromatic rings. The molecule has 1 fully saturated rings. The molecule has 1 aliphatic rings. The highest BCUT2D eigenvalue weighted by molar-refractivity contribution is 7.89. The number of fused-ring (bicyclic) bond motifs is 1. The van der Waals surface area contributed by atoms with Crippen molar-refractivity contribution in [2.45, 2.75) is 37.6 Å². The maximum absolute atomic E-state index is 12.8. The summed E-state index contributed by atoms with van der Waals surface area (Å²) in [4.78, 5) is 26.7. The number of rotatable bonds is 5. The number of furan rings is 1. The molecule has 28 heavy (non-hydrogen) atoms. The number of likely N-dealkylation sites (tertiary alicyclic amines) is 1. The number of nitrogens with zero attached hydrogens (tertiary/aromatic N) is 1. The molecule has 1 aromatic carbocycles. The summed E-state index contributed by atoms with van der Waals surface area (Å²) in [6, 6.07) is 6.11. The highest BCUT2D eigenvalue weighted by Gasteiger charge is 2.29. The zero-order valence-electron chi connectivity index (χ0n) is 16.2. The fourth-order valence-corrected chi connectivity index (χ4v) is 4.08. The Kier molecular flexibility index (Phi) is 5.76. The highest BCUT2D eigenvalue weighted by atomic mass is 32.2. The van der Waals surface area contributed by atoms with Crippen molar-refractivity contribution in [3.8, 4) is 0 Å². The fraction of sp³-hybridized carbons (Fsp3) is 0.474. The molecule has 152 valence electrons. The van der Waals surface area contributed by atoms with Crippen LogP contribution in [-0.2, 0) is 14.8 Å². The number of hydrogen-bond acceptors (Lipinski definition) is 5. The van der Waals surface area contributed by atoms with E-state index in [9.17, 15) is 18.0 Å². The van der Waals surface area contributed by atoms with Gasteiger partial charge >= 0.3 is 0 Å². The van der Waals surface area contributed by atoms with E-state index in [-0.39, 0.29) is 34.4 Å². The molecule has 0 unspecified atom stereocenters.